The number of nitriles is 1. The molecule has 6 heteroatoms. The van der Waals surface area contributed by atoms with E-state index in [0.29, 0.717) is 17.3 Å². The SMILES string of the molecule is Cc1nc(C(Nc2cccc(C#N)n2)c2ccccc2)n[nH]1. The van der Waals surface area contributed by atoms with Crippen molar-refractivity contribution in [1.82, 2.24) is 20.2 Å². The Bertz CT molecular complexity index is 803. The van der Waals surface area contributed by atoms with Gasteiger partial charge in [0.05, 0.1) is 0 Å². The van der Waals surface area contributed by atoms with Gasteiger partial charge < -0.3 is 5.32 Å². The average molecular weight is 290 g/mol. The van der Waals surface area contributed by atoms with Crippen molar-refractivity contribution in [3.63, 3.8) is 0 Å². The summed E-state index contributed by atoms with van der Waals surface area (Å²) in [5.74, 6) is 1.99. The van der Waals surface area contributed by atoms with Crippen molar-refractivity contribution >= 4 is 5.82 Å². The molecule has 3 rings (SSSR count). The third kappa shape index (κ3) is 2.94. The van der Waals surface area contributed by atoms with Gasteiger partial charge in [0, 0.05) is 0 Å². The van der Waals surface area contributed by atoms with Crippen LogP contribution < -0.4 is 5.32 Å². The summed E-state index contributed by atoms with van der Waals surface area (Å²) in [5.41, 5.74) is 1.38. The van der Waals surface area contributed by atoms with Gasteiger partial charge in [-0.15, -0.1) is 0 Å². The van der Waals surface area contributed by atoms with Crippen molar-refractivity contribution in [2.24, 2.45) is 0 Å². The van der Waals surface area contributed by atoms with Gasteiger partial charge in [-0.1, -0.05) is 36.4 Å². The van der Waals surface area contributed by atoms with Gasteiger partial charge in [0.15, 0.2) is 5.82 Å². The van der Waals surface area contributed by atoms with E-state index in [1.54, 1.807) is 12.1 Å². The second kappa shape index (κ2) is 6.06. The maximum atomic E-state index is 8.96. The van der Waals surface area contributed by atoms with Crippen molar-refractivity contribution in [3.05, 3.63) is 71.4 Å². The number of aryl methyl sites for hydroxylation is 1. The second-order valence-electron chi connectivity index (χ2n) is 4.79. The predicted molar refractivity (Wildman–Crippen MR) is 82.0 cm³/mol. The van der Waals surface area contributed by atoms with Crippen LogP contribution >= 0.6 is 0 Å². The molecule has 0 saturated carbocycles. The highest BCUT2D eigenvalue weighted by molar-refractivity contribution is 5.43. The molecule has 2 N–H and O–H groups in total. The lowest BCUT2D eigenvalue weighted by Gasteiger charge is -2.16. The molecule has 3 aromatic rings. The Labute approximate surface area is 127 Å². The first-order valence-corrected chi connectivity index (χ1v) is 6.84. The highest BCUT2D eigenvalue weighted by atomic mass is 15.2. The van der Waals surface area contributed by atoms with E-state index in [1.807, 2.05) is 49.4 Å². The van der Waals surface area contributed by atoms with Gasteiger partial charge >= 0.3 is 0 Å². The molecule has 0 bridgehead atoms. The van der Waals surface area contributed by atoms with Crippen LogP contribution in [0.3, 0.4) is 0 Å². The van der Waals surface area contributed by atoms with Crippen molar-refractivity contribution < 1.29 is 0 Å². The molecule has 108 valence electrons. The molecule has 1 aromatic carbocycles. The topological polar surface area (TPSA) is 90.3 Å². The van der Waals surface area contributed by atoms with Gasteiger partial charge in [-0.3, -0.25) is 5.10 Å². The molecule has 2 heterocycles. The first kappa shape index (κ1) is 13.8. The van der Waals surface area contributed by atoms with Crippen LogP contribution in [-0.2, 0) is 0 Å². The van der Waals surface area contributed by atoms with E-state index in [-0.39, 0.29) is 6.04 Å². The number of aromatic nitrogens is 4. The van der Waals surface area contributed by atoms with Crippen LogP contribution in [0.2, 0.25) is 0 Å². The van der Waals surface area contributed by atoms with E-state index < -0.39 is 0 Å². The van der Waals surface area contributed by atoms with E-state index in [9.17, 15) is 0 Å². The number of nitrogens with zero attached hydrogens (tertiary/aromatic N) is 4. The Kier molecular flexibility index (Phi) is 3.79. The molecule has 1 atom stereocenters. The third-order valence-electron chi connectivity index (χ3n) is 3.16. The molecule has 6 nitrogen and oxygen atoms in total. The fourth-order valence-corrected chi connectivity index (χ4v) is 2.16. The zero-order valence-electron chi connectivity index (χ0n) is 12.0. The van der Waals surface area contributed by atoms with E-state index in [1.165, 1.54) is 0 Å². The summed E-state index contributed by atoms with van der Waals surface area (Å²) in [7, 11) is 0. The Hall–Kier alpha value is -3.20. The summed E-state index contributed by atoms with van der Waals surface area (Å²) >= 11 is 0. The molecule has 0 amide bonds. The van der Waals surface area contributed by atoms with Crippen LogP contribution in [0.4, 0.5) is 5.82 Å². The van der Waals surface area contributed by atoms with E-state index >= 15 is 0 Å². The Balaban J connectivity index is 1.97. The van der Waals surface area contributed by atoms with Gasteiger partial charge in [0.1, 0.15) is 29.4 Å². The standard InChI is InChI=1S/C16H14N6/c1-11-18-16(22-21-11)15(12-6-3-2-4-7-12)20-14-9-5-8-13(10-17)19-14/h2-9,15H,1H3,(H,19,20)(H,18,21,22). The number of pyridine rings is 1. The van der Waals surface area contributed by atoms with Crippen molar-refractivity contribution in [2.75, 3.05) is 5.32 Å². The van der Waals surface area contributed by atoms with Crippen LogP contribution in [0.15, 0.2) is 48.5 Å². The zero-order chi connectivity index (χ0) is 15.4. The number of rotatable bonds is 4. The van der Waals surface area contributed by atoms with Gasteiger partial charge in [-0.05, 0) is 24.6 Å². The highest BCUT2D eigenvalue weighted by Gasteiger charge is 2.18. The zero-order valence-corrected chi connectivity index (χ0v) is 12.0. The van der Waals surface area contributed by atoms with Gasteiger partial charge in [-0.25, -0.2) is 9.97 Å². The van der Waals surface area contributed by atoms with Crippen LogP contribution in [-0.4, -0.2) is 20.2 Å². The predicted octanol–water partition coefficient (Wildman–Crippen LogP) is 2.58. The van der Waals surface area contributed by atoms with Crippen molar-refractivity contribution in [2.45, 2.75) is 13.0 Å². The number of anilines is 1. The van der Waals surface area contributed by atoms with E-state index in [2.05, 4.69) is 25.5 Å². The van der Waals surface area contributed by atoms with Crippen molar-refractivity contribution in [3.8, 4) is 6.07 Å². The van der Waals surface area contributed by atoms with E-state index in [4.69, 9.17) is 5.26 Å². The number of nitrogens with one attached hydrogen (secondary N) is 2. The highest BCUT2D eigenvalue weighted by Crippen LogP contribution is 2.23. The molecule has 0 spiro atoms. The lowest BCUT2D eigenvalue weighted by Crippen LogP contribution is -2.15. The third-order valence-corrected chi connectivity index (χ3v) is 3.16. The lowest BCUT2D eigenvalue weighted by molar-refractivity contribution is 0.830. The van der Waals surface area contributed by atoms with Gasteiger partial charge in [0.25, 0.3) is 0 Å². The minimum Gasteiger partial charge on any atom is -0.356 e. The first-order valence-electron chi connectivity index (χ1n) is 6.84. The summed E-state index contributed by atoms with van der Waals surface area (Å²) in [5, 5.41) is 19.3. The molecule has 0 radical (unpaired) electrons. The minimum atomic E-state index is -0.243. The molecule has 22 heavy (non-hydrogen) atoms. The molecule has 2 aromatic heterocycles. The molecule has 0 fully saturated rings. The number of aromatic amines is 1. The van der Waals surface area contributed by atoms with Crippen LogP contribution in [0.5, 0.6) is 0 Å². The summed E-state index contributed by atoms with van der Waals surface area (Å²) in [4.78, 5) is 8.66. The molecule has 0 aliphatic carbocycles. The molecular weight excluding hydrogens is 276 g/mol. The van der Waals surface area contributed by atoms with Crippen LogP contribution in [0.25, 0.3) is 0 Å². The number of H-pyrrole nitrogens is 1. The van der Waals surface area contributed by atoms with Crippen molar-refractivity contribution in [1.29, 1.82) is 5.26 Å². The maximum Gasteiger partial charge on any atom is 0.177 e. The monoisotopic (exact) mass is 290 g/mol. The summed E-state index contributed by atoms with van der Waals surface area (Å²) < 4.78 is 0. The smallest absolute Gasteiger partial charge is 0.177 e. The quantitative estimate of drug-likeness (QED) is 0.770. The molecule has 0 aliphatic rings. The fraction of sp³-hybridized carbons (Fsp3) is 0.125. The Morgan fingerprint density at radius 1 is 1.09 bits per heavy atom. The Morgan fingerprint density at radius 2 is 1.91 bits per heavy atom. The number of hydrogen-bond acceptors (Lipinski definition) is 5. The largest absolute Gasteiger partial charge is 0.356 e. The fourth-order valence-electron chi connectivity index (χ4n) is 2.16. The molecular formula is C16H14N6. The first-order chi connectivity index (χ1) is 10.8. The molecule has 0 saturated heterocycles. The summed E-state index contributed by atoms with van der Waals surface area (Å²) in [6.45, 7) is 1.85. The van der Waals surface area contributed by atoms with Crippen LogP contribution in [0.1, 0.15) is 28.9 Å². The maximum absolute atomic E-state index is 8.96. The van der Waals surface area contributed by atoms with Gasteiger partial charge in [0.2, 0.25) is 0 Å². The second-order valence-corrected chi connectivity index (χ2v) is 4.79. The Morgan fingerprint density at radius 3 is 2.59 bits per heavy atom. The lowest BCUT2D eigenvalue weighted by atomic mass is 10.1. The van der Waals surface area contributed by atoms with Crippen LogP contribution in [0, 0.1) is 18.3 Å². The molecule has 0 aliphatic heterocycles. The summed E-state index contributed by atoms with van der Waals surface area (Å²) in [6.07, 6.45) is 0. The minimum absolute atomic E-state index is 0.243. The number of hydrogen-bond donors (Lipinski definition) is 2. The number of benzene rings is 1. The average Bonchev–Trinajstić information content (AvgIpc) is 3.00. The van der Waals surface area contributed by atoms with E-state index in [0.717, 1.165) is 11.4 Å². The van der Waals surface area contributed by atoms with Gasteiger partial charge in [-0.2, -0.15) is 10.4 Å². The summed E-state index contributed by atoms with van der Waals surface area (Å²) in [6, 6.07) is 16.9. The normalized spacial score (nSPS) is 11.6. The molecule has 1 unspecified atom stereocenters.